The molecule has 0 atom stereocenters. The number of aliphatic hydroxyl groups is 2. The molecule has 25 heavy (non-hydrogen) atoms. The molecule has 1 rings (SSSR count). The Labute approximate surface area is 158 Å². The molecule has 0 bridgehead atoms. The highest BCUT2D eigenvalue weighted by Gasteiger charge is 2.09. The highest BCUT2D eigenvalue weighted by Crippen LogP contribution is 2.35. The van der Waals surface area contributed by atoms with Gasteiger partial charge in [-0.3, -0.25) is 0 Å². The van der Waals surface area contributed by atoms with Crippen LogP contribution in [0.3, 0.4) is 0 Å². The zero-order valence-electron chi connectivity index (χ0n) is 13.3. The summed E-state index contributed by atoms with van der Waals surface area (Å²) in [6, 6.07) is 2.61. The summed E-state index contributed by atoms with van der Waals surface area (Å²) in [4.78, 5) is 0.364. The van der Waals surface area contributed by atoms with Gasteiger partial charge < -0.3 is 30.8 Å². The van der Waals surface area contributed by atoms with Crippen molar-refractivity contribution in [3.63, 3.8) is 0 Å². The Bertz CT molecular complexity index is 760. The van der Waals surface area contributed by atoms with Crippen LogP contribution in [0.5, 0.6) is 17.2 Å². The van der Waals surface area contributed by atoms with Crippen LogP contribution in [0.1, 0.15) is 12.5 Å². The number of hydrogen-bond donors (Lipinski definition) is 6. The van der Waals surface area contributed by atoms with Crippen molar-refractivity contribution in [2.45, 2.75) is 13.5 Å². The standard InChI is InChI=1S/C17H18BrNO5S/c1-3-11(20)17(24)15(18)9(2)4-5-14(25)19-8-10-6-12(21)16(23)13(22)7-10/h3-7,20-24H,1,8H2,2H3,(H,19,25)/b5-4+,15-9-,17-11-. The van der Waals surface area contributed by atoms with Crippen molar-refractivity contribution in [3.8, 4) is 17.2 Å². The van der Waals surface area contributed by atoms with Crippen LogP contribution in [0, 0.1) is 0 Å². The van der Waals surface area contributed by atoms with E-state index in [4.69, 9.17) is 12.2 Å². The number of allylic oxidation sites excluding steroid dienone is 4. The molecule has 8 heteroatoms. The molecule has 0 aliphatic carbocycles. The third kappa shape index (κ3) is 5.84. The van der Waals surface area contributed by atoms with Crippen LogP contribution in [0.4, 0.5) is 0 Å². The van der Waals surface area contributed by atoms with Crippen LogP contribution in [0.2, 0.25) is 0 Å². The van der Waals surface area contributed by atoms with Gasteiger partial charge in [0.25, 0.3) is 0 Å². The zero-order chi connectivity index (χ0) is 19.1. The molecule has 0 saturated heterocycles. The average Bonchev–Trinajstić information content (AvgIpc) is 2.59. The van der Waals surface area contributed by atoms with Crippen LogP contribution >= 0.6 is 28.1 Å². The molecule has 6 nitrogen and oxygen atoms in total. The first-order valence-corrected chi connectivity index (χ1v) is 8.18. The molecule has 0 aliphatic rings. The quantitative estimate of drug-likeness (QED) is 0.134. The van der Waals surface area contributed by atoms with Crippen LogP contribution in [0.15, 0.2) is 58.5 Å². The third-order valence-corrected chi connectivity index (χ3v) is 4.35. The third-order valence-electron chi connectivity index (χ3n) is 3.07. The monoisotopic (exact) mass is 427 g/mol. The Balaban J connectivity index is 2.77. The van der Waals surface area contributed by atoms with Gasteiger partial charge in [-0.2, -0.15) is 0 Å². The predicted octanol–water partition coefficient (Wildman–Crippen LogP) is 3.96. The molecular weight excluding hydrogens is 410 g/mol. The van der Waals surface area contributed by atoms with E-state index in [0.29, 0.717) is 16.1 Å². The van der Waals surface area contributed by atoms with Crippen molar-refractivity contribution in [2.24, 2.45) is 0 Å². The summed E-state index contributed by atoms with van der Waals surface area (Å²) >= 11 is 8.31. The van der Waals surface area contributed by atoms with Gasteiger partial charge in [0.05, 0.1) is 9.47 Å². The van der Waals surface area contributed by atoms with E-state index in [-0.39, 0.29) is 22.5 Å². The maximum Gasteiger partial charge on any atom is 0.200 e. The Morgan fingerprint density at radius 3 is 2.28 bits per heavy atom. The number of phenolic OH excluding ortho intramolecular Hbond substituents is 3. The van der Waals surface area contributed by atoms with Gasteiger partial charge in [0.15, 0.2) is 28.8 Å². The first-order valence-electron chi connectivity index (χ1n) is 6.98. The molecule has 0 amide bonds. The zero-order valence-corrected chi connectivity index (χ0v) is 15.7. The Morgan fingerprint density at radius 2 is 1.76 bits per heavy atom. The van der Waals surface area contributed by atoms with Gasteiger partial charge in [-0.05, 0) is 58.3 Å². The minimum absolute atomic E-state index is 0.219. The van der Waals surface area contributed by atoms with E-state index in [9.17, 15) is 25.5 Å². The number of phenols is 3. The number of thiocarbonyl (C=S) groups is 1. The summed E-state index contributed by atoms with van der Waals surface area (Å²) in [6.45, 7) is 5.28. The molecule has 0 fully saturated rings. The number of halogens is 1. The summed E-state index contributed by atoms with van der Waals surface area (Å²) in [5.74, 6) is -2.12. The topological polar surface area (TPSA) is 113 Å². The fraction of sp³-hybridized carbons (Fsp3) is 0.118. The van der Waals surface area contributed by atoms with Crippen LogP contribution in [-0.4, -0.2) is 30.5 Å². The molecule has 0 radical (unpaired) electrons. The highest BCUT2D eigenvalue weighted by molar-refractivity contribution is 9.12. The molecule has 0 spiro atoms. The van der Waals surface area contributed by atoms with Gasteiger partial charge in [-0.25, -0.2) is 0 Å². The summed E-state index contributed by atoms with van der Waals surface area (Å²) in [5, 5.41) is 50.3. The second kappa shape index (κ2) is 9.14. The van der Waals surface area contributed by atoms with E-state index >= 15 is 0 Å². The summed E-state index contributed by atoms with van der Waals surface area (Å²) < 4.78 is 0.289. The lowest BCUT2D eigenvalue weighted by Crippen LogP contribution is -2.18. The largest absolute Gasteiger partial charge is 0.504 e. The molecule has 0 saturated carbocycles. The molecule has 0 heterocycles. The first kappa shape index (κ1) is 20.6. The molecule has 0 aromatic heterocycles. The van der Waals surface area contributed by atoms with E-state index in [1.165, 1.54) is 12.1 Å². The van der Waals surface area contributed by atoms with Gasteiger partial charge in [-0.15, -0.1) is 0 Å². The van der Waals surface area contributed by atoms with Gasteiger partial charge in [0, 0.05) is 6.54 Å². The van der Waals surface area contributed by atoms with Gasteiger partial charge in [-0.1, -0.05) is 24.9 Å². The normalized spacial score (nSPS) is 13.2. The van der Waals surface area contributed by atoms with E-state index in [1.54, 1.807) is 19.1 Å². The Kier molecular flexibility index (Phi) is 7.53. The number of hydrogen-bond acceptors (Lipinski definition) is 6. The molecule has 0 unspecified atom stereocenters. The number of aliphatic hydroxyl groups excluding tert-OH is 2. The number of nitrogens with one attached hydrogen (secondary N) is 1. The van der Waals surface area contributed by atoms with Gasteiger partial charge in [0.1, 0.15) is 0 Å². The lowest BCUT2D eigenvalue weighted by molar-refractivity contribution is 0.351. The van der Waals surface area contributed by atoms with Crippen LogP contribution < -0.4 is 5.32 Å². The second-order valence-corrected chi connectivity index (χ2v) is 6.20. The summed E-state index contributed by atoms with van der Waals surface area (Å²) in [6.07, 6.45) is 4.31. The number of rotatable bonds is 6. The van der Waals surface area contributed by atoms with Crippen molar-refractivity contribution in [2.75, 3.05) is 0 Å². The van der Waals surface area contributed by atoms with Crippen molar-refractivity contribution in [1.29, 1.82) is 0 Å². The molecular formula is C17H18BrNO5S. The summed E-state index contributed by atoms with van der Waals surface area (Å²) in [7, 11) is 0. The molecule has 6 N–H and O–H groups in total. The van der Waals surface area contributed by atoms with Crippen molar-refractivity contribution in [3.05, 3.63) is 64.1 Å². The molecule has 0 aliphatic heterocycles. The maximum absolute atomic E-state index is 9.75. The van der Waals surface area contributed by atoms with Crippen molar-refractivity contribution < 1.29 is 25.5 Å². The Hall–Kier alpha value is -2.45. The lowest BCUT2D eigenvalue weighted by atomic mass is 10.2. The van der Waals surface area contributed by atoms with Crippen LogP contribution in [-0.2, 0) is 6.54 Å². The lowest BCUT2D eigenvalue weighted by Gasteiger charge is -2.08. The van der Waals surface area contributed by atoms with Gasteiger partial charge >= 0.3 is 0 Å². The highest BCUT2D eigenvalue weighted by atomic mass is 79.9. The fourth-order valence-corrected chi connectivity index (χ4v) is 2.16. The molecule has 1 aromatic carbocycles. The number of benzene rings is 1. The molecule has 134 valence electrons. The van der Waals surface area contributed by atoms with E-state index < -0.39 is 17.2 Å². The predicted molar refractivity (Wildman–Crippen MR) is 104 cm³/mol. The van der Waals surface area contributed by atoms with Gasteiger partial charge in [0.2, 0.25) is 0 Å². The van der Waals surface area contributed by atoms with Crippen molar-refractivity contribution in [1.82, 2.24) is 5.32 Å². The smallest absolute Gasteiger partial charge is 0.200 e. The first-order chi connectivity index (χ1) is 11.7. The van der Waals surface area contributed by atoms with E-state index in [1.807, 2.05) is 0 Å². The SMILES string of the molecule is C=C\C(O)=C(O)/C(Br)=C(C)/C=C/C(=S)NCc1cc(O)c(O)c(O)c1. The average molecular weight is 428 g/mol. The summed E-state index contributed by atoms with van der Waals surface area (Å²) in [5.41, 5.74) is 1.13. The van der Waals surface area contributed by atoms with E-state index in [0.717, 1.165) is 6.08 Å². The Morgan fingerprint density at radius 1 is 1.20 bits per heavy atom. The second-order valence-electron chi connectivity index (χ2n) is 4.97. The maximum atomic E-state index is 9.75. The van der Waals surface area contributed by atoms with Crippen molar-refractivity contribution >= 4 is 33.1 Å². The minimum Gasteiger partial charge on any atom is -0.504 e. The minimum atomic E-state index is -0.576. The number of aromatic hydroxyl groups is 3. The van der Waals surface area contributed by atoms with E-state index in [2.05, 4.69) is 27.8 Å². The fourth-order valence-electron chi connectivity index (χ4n) is 1.68. The van der Waals surface area contributed by atoms with Crippen LogP contribution in [0.25, 0.3) is 0 Å². The molecule has 1 aromatic rings.